The van der Waals surface area contributed by atoms with Crippen molar-refractivity contribution >= 4 is 29.5 Å². The third-order valence-electron chi connectivity index (χ3n) is 3.12. The summed E-state index contributed by atoms with van der Waals surface area (Å²) < 4.78 is 12.8. The van der Waals surface area contributed by atoms with E-state index in [-0.39, 0.29) is 22.7 Å². The van der Waals surface area contributed by atoms with E-state index in [1.165, 1.54) is 36.4 Å². The second kappa shape index (κ2) is 6.21. The number of imide groups is 1. The first kappa shape index (κ1) is 15.2. The lowest BCUT2D eigenvalue weighted by Crippen LogP contribution is -2.33. The number of fused-ring (bicyclic) bond motifs is 1. The third kappa shape index (κ3) is 3.09. The second-order valence-electron chi connectivity index (χ2n) is 4.66. The normalized spacial score (nSPS) is 13.2. The summed E-state index contributed by atoms with van der Waals surface area (Å²) in [5.74, 6) is -2.55. The first-order valence-corrected chi connectivity index (χ1v) is 7.62. The molecular formula is C16H10FNO4S. The molecule has 3 rings (SSSR count). The maximum Gasteiger partial charge on any atom is 0.343 e. The number of carbonyl (C=O) groups excluding carboxylic acids is 3. The van der Waals surface area contributed by atoms with Crippen LogP contribution in [-0.4, -0.2) is 28.6 Å². The molecule has 0 radical (unpaired) electrons. The molecule has 0 saturated heterocycles. The van der Waals surface area contributed by atoms with Crippen LogP contribution in [0.3, 0.4) is 0 Å². The number of rotatable bonds is 4. The molecule has 0 bridgehead atoms. The standard InChI is InChI=1S/C16H10FNO4S/c17-10-5-7-11(8-6-10)23-9-14(19)22-18-15(20)12-3-1-2-4-13(12)16(18)21/h1-8H,9H2. The van der Waals surface area contributed by atoms with E-state index in [2.05, 4.69) is 0 Å². The summed E-state index contributed by atoms with van der Waals surface area (Å²) in [7, 11) is 0. The zero-order valence-corrected chi connectivity index (χ0v) is 12.5. The van der Waals surface area contributed by atoms with E-state index in [1.807, 2.05) is 0 Å². The van der Waals surface area contributed by atoms with Crippen LogP contribution >= 0.6 is 11.8 Å². The van der Waals surface area contributed by atoms with Gasteiger partial charge in [-0.3, -0.25) is 9.59 Å². The SMILES string of the molecule is O=C(CSc1ccc(F)cc1)ON1C(=O)c2ccccc2C1=O. The number of halogens is 1. The maximum atomic E-state index is 12.8. The first-order valence-electron chi connectivity index (χ1n) is 6.63. The third-order valence-corrected chi connectivity index (χ3v) is 4.11. The molecule has 7 heteroatoms. The van der Waals surface area contributed by atoms with Gasteiger partial charge in [-0.05, 0) is 36.4 Å². The fraction of sp³-hybridized carbons (Fsp3) is 0.0625. The minimum Gasteiger partial charge on any atom is -0.329 e. The van der Waals surface area contributed by atoms with Crippen molar-refractivity contribution < 1.29 is 23.6 Å². The maximum absolute atomic E-state index is 12.8. The fourth-order valence-corrected chi connectivity index (χ4v) is 2.72. The molecule has 2 aromatic carbocycles. The Balaban J connectivity index is 1.62. The minimum atomic E-state index is -0.742. The molecule has 116 valence electrons. The van der Waals surface area contributed by atoms with Gasteiger partial charge in [-0.2, -0.15) is 0 Å². The number of benzene rings is 2. The van der Waals surface area contributed by atoms with E-state index in [0.717, 1.165) is 11.8 Å². The van der Waals surface area contributed by atoms with Gasteiger partial charge < -0.3 is 4.84 Å². The molecule has 0 saturated carbocycles. The number of hydroxylamine groups is 2. The molecule has 1 heterocycles. The molecule has 0 N–H and O–H groups in total. The lowest BCUT2D eigenvalue weighted by Gasteiger charge is -2.12. The van der Waals surface area contributed by atoms with Crippen molar-refractivity contribution in [1.82, 2.24) is 5.06 Å². The van der Waals surface area contributed by atoms with Gasteiger partial charge in [-0.1, -0.05) is 17.2 Å². The average Bonchev–Trinajstić information content (AvgIpc) is 2.80. The predicted molar refractivity (Wildman–Crippen MR) is 80.2 cm³/mol. The Morgan fingerprint density at radius 2 is 1.57 bits per heavy atom. The van der Waals surface area contributed by atoms with E-state index in [4.69, 9.17) is 4.84 Å². The van der Waals surface area contributed by atoms with Crippen molar-refractivity contribution in [3.8, 4) is 0 Å². The van der Waals surface area contributed by atoms with Crippen molar-refractivity contribution in [2.24, 2.45) is 0 Å². The van der Waals surface area contributed by atoms with E-state index < -0.39 is 17.8 Å². The van der Waals surface area contributed by atoms with Crippen molar-refractivity contribution in [3.63, 3.8) is 0 Å². The van der Waals surface area contributed by atoms with Crippen molar-refractivity contribution in [2.75, 3.05) is 5.75 Å². The van der Waals surface area contributed by atoms with Gasteiger partial charge in [0, 0.05) is 4.90 Å². The minimum absolute atomic E-state index is 0.112. The number of hydrogen-bond donors (Lipinski definition) is 0. The number of amides is 2. The zero-order valence-electron chi connectivity index (χ0n) is 11.7. The summed E-state index contributed by atoms with van der Waals surface area (Å²) in [6, 6.07) is 11.8. The smallest absolute Gasteiger partial charge is 0.329 e. The molecular weight excluding hydrogens is 321 g/mol. The van der Waals surface area contributed by atoms with E-state index in [0.29, 0.717) is 9.96 Å². The number of hydrogen-bond acceptors (Lipinski definition) is 5. The monoisotopic (exact) mass is 331 g/mol. The molecule has 5 nitrogen and oxygen atoms in total. The van der Waals surface area contributed by atoms with E-state index >= 15 is 0 Å². The zero-order chi connectivity index (χ0) is 16.4. The molecule has 0 aliphatic carbocycles. The van der Waals surface area contributed by atoms with Gasteiger partial charge in [0.05, 0.1) is 16.9 Å². The van der Waals surface area contributed by atoms with Crippen LogP contribution in [0.5, 0.6) is 0 Å². The van der Waals surface area contributed by atoms with Gasteiger partial charge >= 0.3 is 5.97 Å². The van der Waals surface area contributed by atoms with Crippen molar-refractivity contribution in [3.05, 3.63) is 65.5 Å². The Morgan fingerprint density at radius 1 is 1.00 bits per heavy atom. The molecule has 0 aromatic heterocycles. The van der Waals surface area contributed by atoms with Gasteiger partial charge in [-0.25, -0.2) is 9.18 Å². The highest BCUT2D eigenvalue weighted by atomic mass is 32.2. The number of nitrogens with zero attached hydrogens (tertiary/aromatic N) is 1. The fourth-order valence-electron chi connectivity index (χ4n) is 2.05. The Labute approximate surface area is 135 Å². The Morgan fingerprint density at radius 3 is 2.13 bits per heavy atom. The molecule has 1 aliphatic rings. The van der Waals surface area contributed by atoms with Gasteiger partial charge in [0.25, 0.3) is 11.8 Å². The van der Waals surface area contributed by atoms with Gasteiger partial charge in [0.1, 0.15) is 5.82 Å². The quantitative estimate of drug-likeness (QED) is 0.637. The Kier molecular flexibility index (Phi) is 4.12. The van der Waals surface area contributed by atoms with Gasteiger partial charge in [0.15, 0.2) is 0 Å². The summed E-state index contributed by atoms with van der Waals surface area (Å²) in [6.45, 7) is 0. The van der Waals surface area contributed by atoms with E-state index in [9.17, 15) is 18.8 Å². The highest BCUT2D eigenvalue weighted by Crippen LogP contribution is 2.24. The molecule has 0 spiro atoms. The average molecular weight is 331 g/mol. The molecule has 2 aromatic rings. The largest absolute Gasteiger partial charge is 0.343 e. The number of thioether (sulfide) groups is 1. The Bertz CT molecular complexity index is 756. The summed E-state index contributed by atoms with van der Waals surface area (Å²) in [4.78, 5) is 41.4. The van der Waals surface area contributed by atoms with Crippen LogP contribution in [-0.2, 0) is 9.63 Å². The predicted octanol–water partition coefficient (Wildman–Crippen LogP) is 2.67. The molecule has 0 fully saturated rings. The lowest BCUT2D eigenvalue weighted by molar-refractivity contribution is -0.165. The summed E-state index contributed by atoms with van der Waals surface area (Å²) >= 11 is 1.12. The second-order valence-corrected chi connectivity index (χ2v) is 5.70. The summed E-state index contributed by atoms with van der Waals surface area (Å²) in [5, 5.41) is 0.470. The van der Waals surface area contributed by atoms with Crippen LogP contribution < -0.4 is 0 Å². The highest BCUT2D eigenvalue weighted by molar-refractivity contribution is 8.00. The topological polar surface area (TPSA) is 63.7 Å². The Hall–Kier alpha value is -2.67. The van der Waals surface area contributed by atoms with Crippen LogP contribution in [0, 0.1) is 5.82 Å². The molecule has 0 unspecified atom stereocenters. The number of carbonyl (C=O) groups is 3. The van der Waals surface area contributed by atoms with Gasteiger partial charge in [-0.15, -0.1) is 11.8 Å². The summed E-state index contributed by atoms with van der Waals surface area (Å²) in [6.07, 6.45) is 0. The van der Waals surface area contributed by atoms with Crippen LogP contribution in [0.2, 0.25) is 0 Å². The van der Waals surface area contributed by atoms with Crippen LogP contribution in [0.25, 0.3) is 0 Å². The van der Waals surface area contributed by atoms with Gasteiger partial charge in [0.2, 0.25) is 0 Å². The van der Waals surface area contributed by atoms with Crippen LogP contribution in [0.4, 0.5) is 4.39 Å². The highest BCUT2D eigenvalue weighted by Gasteiger charge is 2.38. The van der Waals surface area contributed by atoms with Crippen molar-refractivity contribution in [2.45, 2.75) is 4.90 Å². The molecule has 23 heavy (non-hydrogen) atoms. The van der Waals surface area contributed by atoms with E-state index in [1.54, 1.807) is 12.1 Å². The van der Waals surface area contributed by atoms with Crippen LogP contribution in [0.15, 0.2) is 53.4 Å². The summed E-state index contributed by atoms with van der Waals surface area (Å²) in [5.41, 5.74) is 0.410. The van der Waals surface area contributed by atoms with Crippen molar-refractivity contribution in [1.29, 1.82) is 0 Å². The molecule has 0 atom stereocenters. The van der Waals surface area contributed by atoms with Crippen LogP contribution in [0.1, 0.15) is 20.7 Å². The molecule has 1 aliphatic heterocycles. The first-order chi connectivity index (χ1) is 11.1. The molecule has 2 amide bonds. The lowest BCUT2D eigenvalue weighted by atomic mass is 10.1.